The molecule has 0 unspecified atom stereocenters. The second kappa shape index (κ2) is 10.7. The molecule has 2 aliphatic heterocycles. The van der Waals surface area contributed by atoms with Crippen molar-refractivity contribution in [2.24, 2.45) is 0 Å². The highest BCUT2D eigenvalue weighted by Gasteiger charge is 2.38. The van der Waals surface area contributed by atoms with Gasteiger partial charge in [0.15, 0.2) is 0 Å². The van der Waals surface area contributed by atoms with E-state index in [0.717, 1.165) is 76.9 Å². The van der Waals surface area contributed by atoms with Crippen LogP contribution in [-0.2, 0) is 21.3 Å². The molecule has 0 atom stereocenters. The first kappa shape index (κ1) is 25.6. The molecule has 1 aliphatic carbocycles. The molecule has 1 aromatic carbocycles. The predicted octanol–water partition coefficient (Wildman–Crippen LogP) is 4.09. The monoisotopic (exact) mass is 516 g/mol. The molecule has 2 aromatic rings. The SMILES string of the molecule is CN(Cc1ccccc1F)C1CCC(NS(=O)(=O)c2ccc(N3CCC4(CCCO4)CC3)nc2)CC1. The fourth-order valence-corrected chi connectivity index (χ4v) is 7.21. The van der Waals surface area contributed by atoms with E-state index in [0.29, 0.717) is 18.2 Å². The molecule has 2 saturated heterocycles. The van der Waals surface area contributed by atoms with Gasteiger partial charge in [0.25, 0.3) is 0 Å². The maximum atomic E-state index is 14.0. The Bertz CT molecular complexity index is 1120. The van der Waals surface area contributed by atoms with E-state index in [1.165, 1.54) is 12.3 Å². The standard InChI is InChI=1S/C27H37FN4O3S/c1-31(20-21-5-2-3-6-25(21)28)23-9-7-22(8-10-23)30-36(33,34)24-11-12-26(29-19-24)32-16-14-27(15-17-32)13-4-18-35-27/h2-3,5-6,11-12,19,22-23,30H,4,7-10,13-18,20H2,1H3. The highest BCUT2D eigenvalue weighted by atomic mass is 32.2. The van der Waals surface area contributed by atoms with Crippen molar-refractivity contribution in [3.63, 3.8) is 0 Å². The minimum atomic E-state index is -3.63. The van der Waals surface area contributed by atoms with Crippen LogP contribution >= 0.6 is 0 Å². The van der Waals surface area contributed by atoms with Crippen LogP contribution in [-0.4, -0.2) is 62.7 Å². The molecule has 3 aliphatic rings. The zero-order chi connectivity index (χ0) is 25.2. The smallest absolute Gasteiger partial charge is 0.242 e. The van der Waals surface area contributed by atoms with Crippen LogP contribution in [0.4, 0.5) is 10.2 Å². The lowest BCUT2D eigenvalue weighted by Crippen LogP contribution is -2.44. The van der Waals surface area contributed by atoms with E-state index in [9.17, 15) is 12.8 Å². The van der Waals surface area contributed by atoms with Gasteiger partial charge < -0.3 is 9.64 Å². The number of benzene rings is 1. The van der Waals surface area contributed by atoms with Crippen LogP contribution in [0.3, 0.4) is 0 Å². The molecule has 1 spiro atoms. The van der Waals surface area contributed by atoms with Crippen molar-refractivity contribution in [2.75, 3.05) is 31.6 Å². The topological polar surface area (TPSA) is 74.8 Å². The number of ether oxygens (including phenoxy) is 1. The second-order valence-corrected chi connectivity index (χ2v) is 12.3. The Labute approximate surface area is 214 Å². The van der Waals surface area contributed by atoms with Crippen molar-refractivity contribution in [1.29, 1.82) is 0 Å². The molecule has 1 N–H and O–H groups in total. The maximum absolute atomic E-state index is 14.0. The molecule has 1 saturated carbocycles. The highest BCUT2D eigenvalue weighted by molar-refractivity contribution is 7.89. The minimum Gasteiger partial charge on any atom is -0.375 e. The molecular formula is C27H37FN4O3S. The molecule has 7 nitrogen and oxygen atoms in total. The van der Waals surface area contributed by atoms with Crippen LogP contribution in [0.15, 0.2) is 47.5 Å². The van der Waals surface area contributed by atoms with Gasteiger partial charge in [0.1, 0.15) is 16.5 Å². The molecule has 0 amide bonds. The molecule has 5 rings (SSSR count). The Balaban J connectivity index is 1.12. The van der Waals surface area contributed by atoms with Gasteiger partial charge in [-0.2, -0.15) is 0 Å². The first-order valence-electron chi connectivity index (χ1n) is 13.1. The summed E-state index contributed by atoms with van der Waals surface area (Å²) in [4.78, 5) is 9.09. The molecule has 1 aromatic heterocycles. The van der Waals surface area contributed by atoms with Crippen LogP contribution < -0.4 is 9.62 Å². The summed E-state index contributed by atoms with van der Waals surface area (Å²) in [5.74, 6) is 0.637. The average molecular weight is 517 g/mol. The quantitative estimate of drug-likeness (QED) is 0.598. The molecule has 3 heterocycles. The summed E-state index contributed by atoms with van der Waals surface area (Å²) in [6, 6.07) is 10.5. The zero-order valence-electron chi connectivity index (χ0n) is 21.0. The van der Waals surface area contributed by atoms with E-state index < -0.39 is 10.0 Å². The van der Waals surface area contributed by atoms with E-state index >= 15 is 0 Å². The Hall–Kier alpha value is -2.07. The first-order valence-corrected chi connectivity index (χ1v) is 14.6. The molecule has 196 valence electrons. The molecule has 3 fully saturated rings. The van der Waals surface area contributed by atoms with Crippen molar-refractivity contribution < 1.29 is 17.5 Å². The molecule has 0 radical (unpaired) electrons. The Morgan fingerprint density at radius 1 is 1.11 bits per heavy atom. The van der Waals surface area contributed by atoms with E-state index in [1.807, 2.05) is 25.2 Å². The summed E-state index contributed by atoms with van der Waals surface area (Å²) in [5, 5.41) is 0. The van der Waals surface area contributed by atoms with E-state index in [1.54, 1.807) is 12.1 Å². The minimum absolute atomic E-state index is 0.0508. The maximum Gasteiger partial charge on any atom is 0.242 e. The average Bonchev–Trinajstić information content (AvgIpc) is 3.34. The summed E-state index contributed by atoms with van der Waals surface area (Å²) in [7, 11) is -1.62. The number of piperidine rings is 1. The van der Waals surface area contributed by atoms with Gasteiger partial charge in [-0.3, -0.25) is 4.90 Å². The van der Waals surface area contributed by atoms with Gasteiger partial charge in [-0.15, -0.1) is 0 Å². The lowest BCUT2D eigenvalue weighted by molar-refractivity contribution is -0.0147. The summed E-state index contributed by atoms with van der Waals surface area (Å²) in [5.41, 5.74) is 0.740. The molecule has 36 heavy (non-hydrogen) atoms. The van der Waals surface area contributed by atoms with Crippen LogP contribution in [0.2, 0.25) is 0 Å². The summed E-state index contributed by atoms with van der Waals surface area (Å²) in [6.45, 7) is 3.18. The Kier molecular flexibility index (Phi) is 7.62. The molecular weight excluding hydrogens is 479 g/mol. The number of rotatable bonds is 7. The van der Waals surface area contributed by atoms with Gasteiger partial charge in [0.2, 0.25) is 10.0 Å². The number of hydrogen-bond acceptors (Lipinski definition) is 6. The van der Waals surface area contributed by atoms with Gasteiger partial charge in [-0.25, -0.2) is 22.5 Å². The van der Waals surface area contributed by atoms with Crippen LogP contribution in [0.25, 0.3) is 0 Å². The third-order valence-electron chi connectivity index (χ3n) is 8.23. The lowest BCUT2D eigenvalue weighted by Gasteiger charge is -2.39. The highest BCUT2D eigenvalue weighted by Crippen LogP contribution is 2.36. The number of pyridine rings is 1. The van der Waals surface area contributed by atoms with Crippen molar-refractivity contribution in [3.8, 4) is 0 Å². The fraction of sp³-hybridized carbons (Fsp3) is 0.593. The van der Waals surface area contributed by atoms with Gasteiger partial charge in [-0.05, 0) is 76.6 Å². The molecule has 0 bridgehead atoms. The van der Waals surface area contributed by atoms with E-state index in [-0.39, 0.29) is 22.4 Å². The zero-order valence-corrected chi connectivity index (χ0v) is 21.9. The number of sulfonamides is 1. The van der Waals surface area contributed by atoms with Gasteiger partial charge in [0.05, 0.1) is 5.60 Å². The van der Waals surface area contributed by atoms with Crippen LogP contribution in [0.1, 0.15) is 56.9 Å². The number of aromatic nitrogens is 1. The largest absolute Gasteiger partial charge is 0.375 e. The summed E-state index contributed by atoms with van der Waals surface area (Å²) in [6.07, 6.45) is 9.00. The first-order chi connectivity index (χ1) is 17.3. The van der Waals surface area contributed by atoms with Crippen molar-refractivity contribution in [1.82, 2.24) is 14.6 Å². The van der Waals surface area contributed by atoms with Gasteiger partial charge in [0, 0.05) is 50.1 Å². The van der Waals surface area contributed by atoms with E-state index in [4.69, 9.17) is 4.74 Å². The third kappa shape index (κ3) is 5.74. The number of nitrogens with one attached hydrogen (secondary N) is 1. The van der Waals surface area contributed by atoms with Crippen molar-refractivity contribution in [2.45, 2.75) is 80.5 Å². The van der Waals surface area contributed by atoms with Gasteiger partial charge >= 0.3 is 0 Å². The normalized spacial score (nSPS) is 24.5. The lowest BCUT2D eigenvalue weighted by atomic mass is 9.89. The third-order valence-corrected chi connectivity index (χ3v) is 9.74. The fourth-order valence-electron chi connectivity index (χ4n) is 5.96. The Morgan fingerprint density at radius 2 is 1.86 bits per heavy atom. The number of hydrogen-bond donors (Lipinski definition) is 1. The van der Waals surface area contributed by atoms with Crippen LogP contribution in [0.5, 0.6) is 0 Å². The van der Waals surface area contributed by atoms with Gasteiger partial charge in [-0.1, -0.05) is 18.2 Å². The van der Waals surface area contributed by atoms with Crippen molar-refractivity contribution >= 4 is 15.8 Å². The number of nitrogens with zero attached hydrogens (tertiary/aromatic N) is 3. The predicted molar refractivity (Wildman–Crippen MR) is 138 cm³/mol. The van der Waals surface area contributed by atoms with Crippen molar-refractivity contribution in [3.05, 3.63) is 54.0 Å². The second-order valence-electron chi connectivity index (χ2n) is 10.6. The summed E-state index contributed by atoms with van der Waals surface area (Å²) < 4.78 is 48.9. The summed E-state index contributed by atoms with van der Waals surface area (Å²) >= 11 is 0. The number of halogens is 1. The van der Waals surface area contributed by atoms with Crippen LogP contribution in [0, 0.1) is 5.82 Å². The number of anilines is 1. The Morgan fingerprint density at radius 3 is 2.50 bits per heavy atom. The molecule has 9 heteroatoms. The van der Waals surface area contributed by atoms with E-state index in [2.05, 4.69) is 19.5 Å².